The lowest BCUT2D eigenvalue weighted by Gasteiger charge is -2.39. The second-order valence-corrected chi connectivity index (χ2v) is 8.17. The van der Waals surface area contributed by atoms with Crippen molar-refractivity contribution in [3.8, 4) is 40.1 Å². The van der Waals surface area contributed by atoms with E-state index in [0.717, 1.165) is 0 Å². The summed E-state index contributed by atoms with van der Waals surface area (Å²) in [6.07, 6.45) is -7.71. The molecule has 5 atom stereocenters. The molecule has 1 aliphatic heterocycles. The fourth-order valence-electron chi connectivity index (χ4n) is 4.12. The summed E-state index contributed by atoms with van der Waals surface area (Å²) in [6.45, 7) is -0.647. The molecule has 1 unspecified atom stereocenters. The standard InChI is InChI=1S/C25H28O12/c1-31-11-5-6-14(32-2)12(7-11)15-8-13(27)19-16(9-17(33-3)23(34-4)24(19)35-15)36-25-22(30)21(29)20(28)18(10-26)37-25/h5-9,18,20-22,25-26,28-30H,10H2,1-4H3/t18-,20-,21+,22-,25?/m0/s1. The van der Waals surface area contributed by atoms with Gasteiger partial charge in [0.1, 0.15) is 52.8 Å². The van der Waals surface area contributed by atoms with E-state index >= 15 is 0 Å². The summed E-state index contributed by atoms with van der Waals surface area (Å²) in [5, 5.41) is 40.0. The first-order valence-corrected chi connectivity index (χ1v) is 11.2. The second-order valence-electron chi connectivity index (χ2n) is 8.17. The molecule has 1 saturated heterocycles. The molecule has 0 spiro atoms. The third-order valence-corrected chi connectivity index (χ3v) is 6.07. The SMILES string of the molecule is COc1ccc(OC)c(-c2cc(=O)c3c(OC4O[C@@H](CO)[C@H](O)[C@@H](O)[C@@H]4O)cc(OC)c(OC)c3o2)c1. The minimum Gasteiger partial charge on any atom is -0.497 e. The highest BCUT2D eigenvalue weighted by Crippen LogP contribution is 2.43. The zero-order valence-corrected chi connectivity index (χ0v) is 20.5. The summed E-state index contributed by atoms with van der Waals surface area (Å²) in [7, 11) is 5.71. The maximum absolute atomic E-state index is 13.4. The summed E-state index contributed by atoms with van der Waals surface area (Å²) < 4.78 is 38.9. The van der Waals surface area contributed by atoms with E-state index in [1.807, 2.05) is 0 Å². The summed E-state index contributed by atoms with van der Waals surface area (Å²) in [6, 6.07) is 7.56. The van der Waals surface area contributed by atoms with E-state index in [2.05, 4.69) is 0 Å². The van der Waals surface area contributed by atoms with Gasteiger partial charge < -0.3 is 53.3 Å². The third kappa shape index (κ3) is 4.77. The molecule has 4 rings (SSSR count). The Morgan fingerprint density at radius 3 is 2.19 bits per heavy atom. The van der Waals surface area contributed by atoms with Crippen molar-refractivity contribution in [3.63, 3.8) is 0 Å². The van der Waals surface area contributed by atoms with Crippen LogP contribution in [0.5, 0.6) is 28.7 Å². The number of ether oxygens (including phenoxy) is 6. The molecule has 1 aliphatic rings. The molecular formula is C25H28O12. The number of methoxy groups -OCH3 is 4. The predicted octanol–water partition coefficient (Wildman–Crippen LogP) is 0.673. The quantitative estimate of drug-likeness (QED) is 0.328. The van der Waals surface area contributed by atoms with E-state index in [0.29, 0.717) is 17.1 Å². The van der Waals surface area contributed by atoms with Gasteiger partial charge >= 0.3 is 0 Å². The summed E-state index contributed by atoms with van der Waals surface area (Å²) in [5.74, 6) is 1.17. The second kappa shape index (κ2) is 10.8. The van der Waals surface area contributed by atoms with E-state index in [1.54, 1.807) is 18.2 Å². The molecule has 0 aliphatic carbocycles. The minimum absolute atomic E-state index is 0.0335. The minimum atomic E-state index is -1.70. The zero-order chi connectivity index (χ0) is 26.9. The first-order chi connectivity index (χ1) is 17.8. The van der Waals surface area contributed by atoms with E-state index in [1.165, 1.54) is 40.6 Å². The Morgan fingerprint density at radius 2 is 1.57 bits per heavy atom. The number of benzene rings is 2. The smallest absolute Gasteiger partial charge is 0.229 e. The molecule has 200 valence electrons. The van der Waals surface area contributed by atoms with Crippen LogP contribution in [0.3, 0.4) is 0 Å². The largest absolute Gasteiger partial charge is 0.497 e. The average Bonchev–Trinajstić information content (AvgIpc) is 2.92. The van der Waals surface area contributed by atoms with Crippen LogP contribution in [0.1, 0.15) is 0 Å². The Balaban J connectivity index is 1.90. The van der Waals surface area contributed by atoms with Crippen molar-refractivity contribution in [2.45, 2.75) is 30.7 Å². The van der Waals surface area contributed by atoms with Crippen LogP contribution in [0.15, 0.2) is 39.5 Å². The molecule has 0 saturated carbocycles. The van der Waals surface area contributed by atoms with Crippen LogP contribution < -0.4 is 29.1 Å². The van der Waals surface area contributed by atoms with Gasteiger partial charge in [0.25, 0.3) is 0 Å². The Morgan fingerprint density at radius 1 is 0.838 bits per heavy atom. The number of hydrogen-bond donors (Lipinski definition) is 4. The highest BCUT2D eigenvalue weighted by atomic mass is 16.7. The maximum Gasteiger partial charge on any atom is 0.229 e. The van der Waals surface area contributed by atoms with Gasteiger partial charge in [-0.15, -0.1) is 0 Å². The molecule has 1 aromatic heterocycles. The van der Waals surface area contributed by atoms with Crippen LogP contribution in [-0.2, 0) is 4.74 Å². The van der Waals surface area contributed by atoms with Crippen molar-refractivity contribution in [2.75, 3.05) is 35.0 Å². The van der Waals surface area contributed by atoms with Gasteiger partial charge in [-0.05, 0) is 18.2 Å². The van der Waals surface area contributed by atoms with Gasteiger partial charge in [-0.2, -0.15) is 0 Å². The molecule has 1 fully saturated rings. The Bertz CT molecular complexity index is 1320. The molecule has 12 nitrogen and oxygen atoms in total. The van der Waals surface area contributed by atoms with Crippen molar-refractivity contribution < 1.29 is 53.3 Å². The van der Waals surface area contributed by atoms with Gasteiger partial charge in [-0.25, -0.2) is 0 Å². The normalized spacial score (nSPS) is 23.5. The molecular weight excluding hydrogens is 492 g/mol. The van der Waals surface area contributed by atoms with E-state index in [-0.39, 0.29) is 34.0 Å². The monoisotopic (exact) mass is 520 g/mol. The van der Waals surface area contributed by atoms with Gasteiger partial charge in [-0.3, -0.25) is 4.79 Å². The van der Waals surface area contributed by atoms with Crippen molar-refractivity contribution in [2.24, 2.45) is 0 Å². The Kier molecular flexibility index (Phi) is 7.76. The number of hydrogen-bond acceptors (Lipinski definition) is 12. The molecule has 3 aromatic rings. The van der Waals surface area contributed by atoms with Crippen LogP contribution >= 0.6 is 0 Å². The number of rotatable bonds is 8. The van der Waals surface area contributed by atoms with Gasteiger partial charge in [0, 0.05) is 12.1 Å². The van der Waals surface area contributed by atoms with Crippen LogP contribution in [0.4, 0.5) is 0 Å². The lowest BCUT2D eigenvalue weighted by atomic mass is 9.99. The maximum atomic E-state index is 13.4. The van der Waals surface area contributed by atoms with Crippen molar-refractivity contribution in [3.05, 3.63) is 40.6 Å². The molecule has 0 amide bonds. The fourth-order valence-corrected chi connectivity index (χ4v) is 4.12. The third-order valence-electron chi connectivity index (χ3n) is 6.07. The topological polar surface area (TPSA) is 167 Å². The van der Waals surface area contributed by atoms with Crippen LogP contribution in [0, 0.1) is 0 Å². The molecule has 0 bridgehead atoms. The zero-order valence-electron chi connectivity index (χ0n) is 20.5. The van der Waals surface area contributed by atoms with Gasteiger partial charge in [0.05, 0.1) is 40.6 Å². The molecule has 37 heavy (non-hydrogen) atoms. The van der Waals surface area contributed by atoms with Gasteiger partial charge in [0.2, 0.25) is 12.0 Å². The lowest BCUT2D eigenvalue weighted by Crippen LogP contribution is -2.60. The first kappa shape index (κ1) is 26.5. The molecule has 2 heterocycles. The molecule has 0 radical (unpaired) electrons. The van der Waals surface area contributed by atoms with E-state index in [9.17, 15) is 25.2 Å². The number of aliphatic hydroxyl groups excluding tert-OH is 4. The van der Waals surface area contributed by atoms with Gasteiger partial charge in [-0.1, -0.05) is 0 Å². The fraction of sp³-hybridized carbons (Fsp3) is 0.400. The molecule has 4 N–H and O–H groups in total. The number of aliphatic hydroxyl groups is 4. The summed E-state index contributed by atoms with van der Waals surface area (Å²) in [5.41, 5.74) is -0.141. The summed E-state index contributed by atoms with van der Waals surface area (Å²) in [4.78, 5) is 13.4. The lowest BCUT2D eigenvalue weighted by molar-refractivity contribution is -0.277. The van der Waals surface area contributed by atoms with E-state index < -0.39 is 42.7 Å². The van der Waals surface area contributed by atoms with Crippen LogP contribution in [-0.4, -0.2) is 86.2 Å². The van der Waals surface area contributed by atoms with Crippen molar-refractivity contribution in [1.82, 2.24) is 0 Å². The van der Waals surface area contributed by atoms with Gasteiger partial charge in [0.15, 0.2) is 16.8 Å². The summed E-state index contributed by atoms with van der Waals surface area (Å²) >= 11 is 0. The van der Waals surface area contributed by atoms with Crippen molar-refractivity contribution in [1.29, 1.82) is 0 Å². The van der Waals surface area contributed by atoms with Crippen molar-refractivity contribution >= 4 is 11.0 Å². The first-order valence-electron chi connectivity index (χ1n) is 11.2. The van der Waals surface area contributed by atoms with Crippen LogP contribution in [0.2, 0.25) is 0 Å². The highest BCUT2D eigenvalue weighted by Gasteiger charge is 2.45. The Labute approximate surface area is 211 Å². The average molecular weight is 520 g/mol. The number of fused-ring (bicyclic) bond motifs is 1. The Hall–Kier alpha value is -3.55. The highest BCUT2D eigenvalue weighted by molar-refractivity contribution is 5.92. The van der Waals surface area contributed by atoms with Crippen LogP contribution in [0.25, 0.3) is 22.3 Å². The predicted molar refractivity (Wildman–Crippen MR) is 129 cm³/mol. The molecule has 2 aromatic carbocycles. The molecule has 12 heteroatoms. The van der Waals surface area contributed by atoms with E-state index in [4.69, 9.17) is 32.8 Å².